The van der Waals surface area contributed by atoms with E-state index in [9.17, 15) is 4.79 Å². The van der Waals surface area contributed by atoms with Gasteiger partial charge >= 0.3 is 0 Å². The van der Waals surface area contributed by atoms with Gasteiger partial charge in [0.15, 0.2) is 0 Å². The quantitative estimate of drug-likeness (QED) is 0.816. The first-order valence-electron chi connectivity index (χ1n) is 6.38. The second-order valence-electron chi connectivity index (χ2n) is 4.48. The molecule has 1 heterocycles. The zero-order valence-electron chi connectivity index (χ0n) is 11.6. The van der Waals surface area contributed by atoms with E-state index in [0.29, 0.717) is 15.6 Å². The molecule has 0 bridgehead atoms. The fourth-order valence-electron chi connectivity index (χ4n) is 1.93. The lowest BCUT2D eigenvalue weighted by Gasteiger charge is -2.17. The van der Waals surface area contributed by atoms with Gasteiger partial charge in [-0.3, -0.25) is 4.79 Å². The van der Waals surface area contributed by atoms with Crippen molar-refractivity contribution < 1.29 is 9.53 Å². The minimum Gasteiger partial charge on any atom is -0.375 e. The van der Waals surface area contributed by atoms with Crippen molar-refractivity contribution in [2.75, 3.05) is 13.7 Å². The lowest BCUT2D eigenvalue weighted by molar-refractivity contribution is 0.0828. The molecule has 1 N–H and O–H groups in total. The molecule has 0 aliphatic rings. The number of carbonyl (C=O) groups excluding carboxylic acids is 1. The standard InChI is InChI=1S/C15H13Cl3N2O2/c1-22-13(9-5-10(16)7-11(17)6-9)8-20-15(21)12-3-2-4-19-14(12)18/h2-7,13H,8H2,1H3,(H,20,21)/t13-/m0/s1. The van der Waals surface area contributed by atoms with Crippen LogP contribution in [0.2, 0.25) is 15.2 Å². The van der Waals surface area contributed by atoms with Crippen LogP contribution in [0.15, 0.2) is 36.5 Å². The molecular weight excluding hydrogens is 347 g/mol. The van der Waals surface area contributed by atoms with E-state index in [1.54, 1.807) is 37.4 Å². The summed E-state index contributed by atoms with van der Waals surface area (Å²) in [5.74, 6) is -0.326. The number of nitrogens with zero attached hydrogens (tertiary/aromatic N) is 1. The Labute approximate surface area is 143 Å². The zero-order valence-corrected chi connectivity index (χ0v) is 13.9. The molecule has 1 atom stereocenters. The Bertz CT molecular complexity index is 659. The molecule has 0 saturated carbocycles. The molecule has 0 fully saturated rings. The number of hydrogen-bond acceptors (Lipinski definition) is 3. The molecule has 0 spiro atoms. The second-order valence-corrected chi connectivity index (χ2v) is 5.71. The monoisotopic (exact) mass is 358 g/mol. The predicted molar refractivity (Wildman–Crippen MR) is 87.8 cm³/mol. The number of aromatic nitrogens is 1. The van der Waals surface area contributed by atoms with Crippen molar-refractivity contribution in [2.45, 2.75) is 6.10 Å². The van der Waals surface area contributed by atoms with Gasteiger partial charge in [0.2, 0.25) is 0 Å². The average Bonchev–Trinajstić information content (AvgIpc) is 2.47. The number of pyridine rings is 1. The van der Waals surface area contributed by atoms with Gasteiger partial charge in [0.25, 0.3) is 5.91 Å². The molecule has 2 rings (SSSR count). The lowest BCUT2D eigenvalue weighted by atomic mass is 10.1. The molecule has 22 heavy (non-hydrogen) atoms. The summed E-state index contributed by atoms with van der Waals surface area (Å²) in [5, 5.41) is 3.92. The smallest absolute Gasteiger partial charge is 0.254 e. The highest BCUT2D eigenvalue weighted by Crippen LogP contribution is 2.25. The highest BCUT2D eigenvalue weighted by molar-refractivity contribution is 6.34. The highest BCUT2D eigenvalue weighted by atomic mass is 35.5. The molecule has 0 saturated heterocycles. The topological polar surface area (TPSA) is 51.2 Å². The van der Waals surface area contributed by atoms with E-state index in [2.05, 4.69) is 10.3 Å². The molecule has 1 aromatic carbocycles. The Hall–Kier alpha value is -1.33. The number of rotatable bonds is 5. The van der Waals surface area contributed by atoms with Crippen LogP contribution in [-0.4, -0.2) is 24.5 Å². The number of halogens is 3. The van der Waals surface area contributed by atoms with Crippen LogP contribution in [0.5, 0.6) is 0 Å². The molecular formula is C15H13Cl3N2O2. The third-order valence-electron chi connectivity index (χ3n) is 2.99. The van der Waals surface area contributed by atoms with Crippen molar-refractivity contribution in [3.8, 4) is 0 Å². The SMILES string of the molecule is CO[C@@H](CNC(=O)c1cccnc1Cl)c1cc(Cl)cc(Cl)c1. The summed E-state index contributed by atoms with van der Waals surface area (Å²) in [6.07, 6.45) is 1.14. The van der Waals surface area contributed by atoms with Crippen molar-refractivity contribution in [3.05, 3.63) is 62.9 Å². The van der Waals surface area contributed by atoms with E-state index in [1.807, 2.05) is 0 Å². The van der Waals surface area contributed by atoms with Crippen LogP contribution in [0.25, 0.3) is 0 Å². The summed E-state index contributed by atoms with van der Waals surface area (Å²) < 4.78 is 5.38. The number of methoxy groups -OCH3 is 1. The highest BCUT2D eigenvalue weighted by Gasteiger charge is 2.16. The zero-order chi connectivity index (χ0) is 16.1. The number of hydrogen-bond donors (Lipinski definition) is 1. The van der Waals surface area contributed by atoms with Crippen LogP contribution in [0.4, 0.5) is 0 Å². The van der Waals surface area contributed by atoms with Gasteiger partial charge in [-0.15, -0.1) is 0 Å². The van der Waals surface area contributed by atoms with Gasteiger partial charge in [0.05, 0.1) is 11.7 Å². The molecule has 116 valence electrons. The van der Waals surface area contributed by atoms with Gasteiger partial charge < -0.3 is 10.1 Å². The number of ether oxygens (including phenoxy) is 1. The first-order valence-corrected chi connectivity index (χ1v) is 7.52. The lowest BCUT2D eigenvalue weighted by Crippen LogP contribution is -2.29. The largest absolute Gasteiger partial charge is 0.375 e. The maximum Gasteiger partial charge on any atom is 0.254 e. The summed E-state index contributed by atoms with van der Waals surface area (Å²) >= 11 is 17.8. The Morgan fingerprint density at radius 3 is 2.55 bits per heavy atom. The summed E-state index contributed by atoms with van der Waals surface area (Å²) in [4.78, 5) is 16.0. The normalized spacial score (nSPS) is 12.0. The molecule has 1 amide bonds. The average molecular weight is 360 g/mol. The second kappa shape index (κ2) is 7.79. The Kier molecular flexibility index (Phi) is 6.03. The first-order chi connectivity index (χ1) is 10.5. The number of amides is 1. The maximum absolute atomic E-state index is 12.1. The fourth-order valence-corrected chi connectivity index (χ4v) is 2.68. The summed E-state index contributed by atoms with van der Waals surface area (Å²) in [6, 6.07) is 8.36. The van der Waals surface area contributed by atoms with Gasteiger partial charge in [0.1, 0.15) is 5.15 Å². The molecule has 0 unspecified atom stereocenters. The molecule has 1 aromatic heterocycles. The fraction of sp³-hybridized carbons (Fsp3) is 0.200. The van der Waals surface area contributed by atoms with Crippen molar-refractivity contribution in [3.63, 3.8) is 0 Å². The Morgan fingerprint density at radius 2 is 1.95 bits per heavy atom. The van der Waals surface area contributed by atoms with Crippen molar-refractivity contribution >= 4 is 40.7 Å². The summed E-state index contributed by atoms with van der Waals surface area (Å²) in [5.41, 5.74) is 1.08. The van der Waals surface area contributed by atoms with Crippen LogP contribution >= 0.6 is 34.8 Å². The maximum atomic E-state index is 12.1. The minimum absolute atomic E-state index is 0.153. The molecule has 7 heteroatoms. The molecule has 2 aromatic rings. The van der Waals surface area contributed by atoms with E-state index in [1.165, 1.54) is 6.20 Å². The van der Waals surface area contributed by atoms with E-state index in [-0.39, 0.29) is 23.7 Å². The number of benzene rings is 1. The van der Waals surface area contributed by atoms with E-state index in [4.69, 9.17) is 39.5 Å². The van der Waals surface area contributed by atoms with Crippen LogP contribution < -0.4 is 5.32 Å². The van der Waals surface area contributed by atoms with Crippen molar-refractivity contribution in [1.82, 2.24) is 10.3 Å². The predicted octanol–water partition coefficient (Wildman–Crippen LogP) is 4.16. The van der Waals surface area contributed by atoms with E-state index < -0.39 is 0 Å². The van der Waals surface area contributed by atoms with Crippen molar-refractivity contribution in [1.29, 1.82) is 0 Å². The summed E-state index contributed by atoms with van der Waals surface area (Å²) in [7, 11) is 1.54. The molecule has 0 radical (unpaired) electrons. The van der Waals surface area contributed by atoms with Gasteiger partial charge in [-0.25, -0.2) is 4.98 Å². The Morgan fingerprint density at radius 1 is 1.27 bits per heavy atom. The van der Waals surface area contributed by atoms with Crippen LogP contribution in [0.3, 0.4) is 0 Å². The van der Waals surface area contributed by atoms with E-state index >= 15 is 0 Å². The molecule has 0 aliphatic carbocycles. The van der Waals surface area contributed by atoms with Gasteiger partial charge in [0, 0.05) is 29.9 Å². The van der Waals surface area contributed by atoms with E-state index in [0.717, 1.165) is 5.56 Å². The van der Waals surface area contributed by atoms with Gasteiger partial charge in [-0.05, 0) is 35.9 Å². The third kappa shape index (κ3) is 4.34. The van der Waals surface area contributed by atoms with Gasteiger partial charge in [-0.2, -0.15) is 0 Å². The number of nitrogens with one attached hydrogen (secondary N) is 1. The Balaban J connectivity index is 2.08. The third-order valence-corrected chi connectivity index (χ3v) is 3.73. The van der Waals surface area contributed by atoms with Crippen LogP contribution in [-0.2, 0) is 4.74 Å². The van der Waals surface area contributed by atoms with Crippen molar-refractivity contribution in [2.24, 2.45) is 0 Å². The molecule has 0 aliphatic heterocycles. The number of carbonyl (C=O) groups is 1. The summed E-state index contributed by atoms with van der Waals surface area (Å²) in [6.45, 7) is 0.247. The minimum atomic E-state index is -0.379. The van der Waals surface area contributed by atoms with Crippen LogP contribution in [0, 0.1) is 0 Å². The molecule has 4 nitrogen and oxygen atoms in total. The van der Waals surface area contributed by atoms with Gasteiger partial charge in [-0.1, -0.05) is 34.8 Å². The van der Waals surface area contributed by atoms with Crippen LogP contribution in [0.1, 0.15) is 22.0 Å². The first kappa shape index (κ1) is 17.0.